The Morgan fingerprint density at radius 2 is 1.97 bits per heavy atom. The number of rotatable bonds is 6. The van der Waals surface area contributed by atoms with Crippen LogP contribution in [0.1, 0.15) is 54.4 Å². The highest BCUT2D eigenvalue weighted by Gasteiger charge is 2.34. The molecule has 1 aliphatic heterocycles. The zero-order chi connectivity index (χ0) is 26.7. The van der Waals surface area contributed by atoms with Gasteiger partial charge in [-0.15, -0.1) is 0 Å². The van der Waals surface area contributed by atoms with Crippen molar-refractivity contribution in [3.05, 3.63) is 89.4 Å². The van der Waals surface area contributed by atoms with E-state index in [1.807, 2.05) is 13.0 Å². The number of hydrogen-bond donors (Lipinski definition) is 4. The molecule has 0 amide bonds. The summed E-state index contributed by atoms with van der Waals surface area (Å²) in [6, 6.07) is 10.5. The lowest BCUT2D eigenvalue weighted by molar-refractivity contribution is 0.481. The Labute approximate surface area is 218 Å². The first-order valence-electron chi connectivity index (χ1n) is 12.3. The Morgan fingerprint density at radius 3 is 2.71 bits per heavy atom. The lowest BCUT2D eigenvalue weighted by atomic mass is 10.1. The molecule has 5 N–H and O–H groups in total. The third-order valence-corrected chi connectivity index (χ3v) is 8.55. The normalized spacial score (nSPS) is 21.4. The zero-order valence-electron chi connectivity index (χ0n) is 20.8. The molecule has 12 heteroatoms. The van der Waals surface area contributed by atoms with Crippen LogP contribution in [0, 0.1) is 12.7 Å². The minimum Gasteiger partial charge on any atom is -0.333 e. The number of benzene rings is 1. The van der Waals surface area contributed by atoms with Gasteiger partial charge in [-0.25, -0.2) is 26.8 Å². The summed E-state index contributed by atoms with van der Waals surface area (Å²) < 4.78 is 42.7. The first-order valence-corrected chi connectivity index (χ1v) is 13.7. The molecule has 0 radical (unpaired) electrons. The van der Waals surface area contributed by atoms with Crippen molar-refractivity contribution in [2.45, 2.75) is 49.2 Å². The molecule has 38 heavy (non-hydrogen) atoms. The molecule has 1 aliphatic carbocycles. The van der Waals surface area contributed by atoms with E-state index in [0.29, 0.717) is 23.1 Å². The molecule has 0 spiro atoms. The number of halogens is 1. The number of aromatic nitrogens is 4. The summed E-state index contributed by atoms with van der Waals surface area (Å²) in [4.78, 5) is 9.08. The molecule has 196 valence electrons. The highest BCUT2D eigenvalue weighted by molar-refractivity contribution is 7.90. The summed E-state index contributed by atoms with van der Waals surface area (Å²) in [6.45, 7) is 3.57. The van der Waals surface area contributed by atoms with Crippen molar-refractivity contribution in [2.24, 2.45) is 10.7 Å². The molecule has 0 saturated heterocycles. The molecule has 0 bridgehead atoms. The molecule has 1 aromatic carbocycles. The first kappa shape index (κ1) is 24.3. The number of guanidine groups is 1. The van der Waals surface area contributed by atoms with E-state index >= 15 is 4.39 Å². The molecule has 2 aliphatic rings. The molecule has 4 aromatic rings. The molecule has 6 rings (SSSR count). The van der Waals surface area contributed by atoms with E-state index in [9.17, 15) is 8.42 Å². The summed E-state index contributed by atoms with van der Waals surface area (Å²) in [5.41, 5.74) is 8.66. The van der Waals surface area contributed by atoms with Gasteiger partial charge in [0.1, 0.15) is 17.2 Å². The Balaban J connectivity index is 1.28. The maximum Gasteiger partial charge on any atom is 0.268 e. The predicted octanol–water partition coefficient (Wildman–Crippen LogP) is 3.26. The van der Waals surface area contributed by atoms with Crippen LogP contribution in [-0.4, -0.2) is 33.5 Å². The van der Waals surface area contributed by atoms with Crippen molar-refractivity contribution in [3.8, 4) is 0 Å². The van der Waals surface area contributed by atoms with Crippen LogP contribution in [0.4, 0.5) is 4.39 Å². The van der Waals surface area contributed by atoms with Crippen LogP contribution in [-0.2, 0) is 15.7 Å². The third kappa shape index (κ3) is 4.25. The average molecular weight is 535 g/mol. The molecule has 1 fully saturated rings. The van der Waals surface area contributed by atoms with Crippen LogP contribution in [0.5, 0.6) is 0 Å². The van der Waals surface area contributed by atoms with Gasteiger partial charge in [0.05, 0.1) is 22.0 Å². The Hall–Kier alpha value is -4.03. The molecule has 1 saturated carbocycles. The van der Waals surface area contributed by atoms with Crippen LogP contribution in [0.25, 0.3) is 11.0 Å². The number of fused-ring (bicyclic) bond motifs is 1. The Kier molecular flexibility index (Phi) is 5.61. The highest BCUT2D eigenvalue weighted by Crippen LogP contribution is 2.39. The lowest BCUT2D eigenvalue weighted by Gasteiger charge is -2.31. The van der Waals surface area contributed by atoms with E-state index in [1.54, 1.807) is 37.4 Å². The number of nitrogens with one attached hydrogen (secondary N) is 3. The smallest absolute Gasteiger partial charge is 0.268 e. The number of nitrogens with zero attached hydrogens (tertiary/aromatic N) is 4. The molecule has 3 aromatic heterocycles. The number of aryl methyl sites for hydroxylation is 1. The van der Waals surface area contributed by atoms with E-state index in [4.69, 9.17) is 5.73 Å². The number of pyridine rings is 1. The molecular weight excluding hydrogens is 507 g/mol. The second-order valence-corrected chi connectivity index (χ2v) is 11.6. The first-order chi connectivity index (χ1) is 18.1. The maximum atomic E-state index is 15.3. The van der Waals surface area contributed by atoms with Gasteiger partial charge in [0.25, 0.3) is 10.0 Å². The fourth-order valence-corrected chi connectivity index (χ4v) is 5.84. The molecule has 2 atom stereocenters. The SMILES string of the molecule is Cc1ccc(S(=O)(=O)n2ccc3nc(C(C)N=C4NC=CC(N)(c5cc(C6CC6)[nH]n5)N4)c(F)cc32)cc1. The van der Waals surface area contributed by atoms with Crippen LogP contribution >= 0.6 is 0 Å². The topological polar surface area (TPSA) is 143 Å². The zero-order valence-corrected chi connectivity index (χ0v) is 21.6. The molecule has 2 unspecified atom stereocenters. The third-order valence-electron chi connectivity index (χ3n) is 6.84. The predicted molar refractivity (Wildman–Crippen MR) is 141 cm³/mol. The summed E-state index contributed by atoms with van der Waals surface area (Å²) in [7, 11) is -3.92. The highest BCUT2D eigenvalue weighted by atomic mass is 32.2. The van der Waals surface area contributed by atoms with E-state index in [0.717, 1.165) is 28.1 Å². The van der Waals surface area contributed by atoms with E-state index in [1.165, 1.54) is 24.4 Å². The summed E-state index contributed by atoms with van der Waals surface area (Å²) in [6.07, 6.45) is 7.06. The largest absolute Gasteiger partial charge is 0.333 e. The van der Waals surface area contributed by atoms with Gasteiger partial charge < -0.3 is 16.4 Å². The van der Waals surface area contributed by atoms with Crippen LogP contribution in [0.3, 0.4) is 0 Å². The van der Waals surface area contributed by atoms with Crippen LogP contribution in [0.15, 0.2) is 70.8 Å². The average Bonchev–Trinajstić information content (AvgIpc) is 3.44. The van der Waals surface area contributed by atoms with Gasteiger partial charge in [0, 0.05) is 30.1 Å². The fraction of sp³-hybridized carbons (Fsp3) is 0.269. The minimum atomic E-state index is -3.92. The number of hydrogen-bond acceptors (Lipinski definition) is 6. The Bertz CT molecular complexity index is 1700. The number of nitrogens with two attached hydrogens (primary N) is 1. The summed E-state index contributed by atoms with van der Waals surface area (Å²) in [5, 5.41) is 13.6. The lowest BCUT2D eigenvalue weighted by Crippen LogP contribution is -2.57. The van der Waals surface area contributed by atoms with Crippen LogP contribution < -0.4 is 16.4 Å². The van der Waals surface area contributed by atoms with E-state index in [-0.39, 0.29) is 16.1 Å². The van der Waals surface area contributed by atoms with E-state index in [2.05, 4.69) is 30.8 Å². The van der Waals surface area contributed by atoms with Crippen molar-refractivity contribution in [2.75, 3.05) is 0 Å². The van der Waals surface area contributed by atoms with Gasteiger partial charge in [0.15, 0.2) is 11.6 Å². The van der Waals surface area contributed by atoms with Gasteiger partial charge in [-0.05, 0) is 57.0 Å². The Morgan fingerprint density at radius 1 is 1.21 bits per heavy atom. The second kappa shape index (κ2) is 8.77. The number of H-pyrrole nitrogens is 1. The van der Waals surface area contributed by atoms with Crippen molar-refractivity contribution in [1.29, 1.82) is 0 Å². The van der Waals surface area contributed by atoms with Gasteiger partial charge in [-0.1, -0.05) is 17.7 Å². The van der Waals surface area contributed by atoms with Crippen molar-refractivity contribution < 1.29 is 12.8 Å². The quantitative estimate of drug-likeness (QED) is 0.297. The van der Waals surface area contributed by atoms with Gasteiger partial charge in [-0.2, -0.15) is 5.10 Å². The van der Waals surface area contributed by atoms with Crippen molar-refractivity contribution in [3.63, 3.8) is 0 Å². The van der Waals surface area contributed by atoms with Crippen molar-refractivity contribution >= 4 is 27.0 Å². The molecular formula is C26H27FN8O2S. The summed E-state index contributed by atoms with van der Waals surface area (Å²) in [5.74, 6) is 0.170. The van der Waals surface area contributed by atoms with Gasteiger partial charge >= 0.3 is 0 Å². The fourth-order valence-electron chi connectivity index (χ4n) is 4.50. The standard InChI is InChI=1S/C26H27FN8O2S/c1-15-3-7-18(8-4-15)38(36,37)35-12-9-20-22(35)13-19(27)24(31-20)16(2)30-25-29-11-10-26(28,32-25)23-14-21(33-34-23)17-5-6-17/h3-4,7-14,16-17H,5-6,28H2,1-2H3,(H,33,34)(H2,29,30,32). The van der Waals surface area contributed by atoms with Gasteiger partial charge in [0.2, 0.25) is 0 Å². The minimum absolute atomic E-state index is 0.0760. The number of aromatic amines is 1. The summed E-state index contributed by atoms with van der Waals surface area (Å²) >= 11 is 0. The second-order valence-electron chi connectivity index (χ2n) is 9.80. The van der Waals surface area contributed by atoms with Crippen molar-refractivity contribution in [1.82, 2.24) is 29.8 Å². The number of aliphatic imine (C=N–C) groups is 1. The monoisotopic (exact) mass is 534 g/mol. The maximum absolute atomic E-state index is 15.3. The van der Waals surface area contributed by atoms with E-state index < -0.39 is 27.5 Å². The van der Waals surface area contributed by atoms with Crippen LogP contribution in [0.2, 0.25) is 0 Å². The molecule has 4 heterocycles. The van der Waals surface area contributed by atoms with Gasteiger partial charge in [-0.3, -0.25) is 5.10 Å². The molecule has 10 nitrogen and oxygen atoms in total.